The third kappa shape index (κ3) is 4.25. The van der Waals surface area contributed by atoms with E-state index in [2.05, 4.69) is 12.0 Å². The highest BCUT2D eigenvalue weighted by Crippen LogP contribution is 2.22. The zero-order chi connectivity index (χ0) is 21.1. The molecule has 4 rings (SSSR count). The van der Waals surface area contributed by atoms with E-state index >= 15 is 0 Å². The molecule has 1 amide bonds. The van der Waals surface area contributed by atoms with E-state index in [-0.39, 0.29) is 11.5 Å². The van der Waals surface area contributed by atoms with Crippen LogP contribution in [-0.4, -0.2) is 44.7 Å². The molecule has 158 valence electrons. The van der Waals surface area contributed by atoms with E-state index in [0.29, 0.717) is 31.0 Å². The SMILES string of the molecule is CCOc1ccc(-c2cc3c(=O)n(CCC(=O)N4CCC(C)CC4)ccn3n2)cc1. The van der Waals surface area contributed by atoms with E-state index in [9.17, 15) is 9.59 Å². The first kappa shape index (κ1) is 20.2. The predicted molar refractivity (Wildman–Crippen MR) is 116 cm³/mol. The van der Waals surface area contributed by atoms with Crippen molar-refractivity contribution in [2.24, 2.45) is 5.92 Å². The number of ether oxygens (including phenoxy) is 1. The van der Waals surface area contributed by atoms with Gasteiger partial charge in [-0.05, 0) is 56.0 Å². The molecular formula is C23H28N4O3. The maximum Gasteiger partial charge on any atom is 0.276 e. The normalized spacial score (nSPS) is 14.9. The lowest BCUT2D eigenvalue weighted by molar-refractivity contribution is -0.132. The fourth-order valence-electron chi connectivity index (χ4n) is 3.86. The predicted octanol–water partition coefficient (Wildman–Crippen LogP) is 3.21. The standard InChI is InChI=1S/C23H28N4O3/c1-3-30-19-6-4-18(5-7-19)20-16-21-23(29)26(14-15-27(21)24-20)13-10-22(28)25-11-8-17(2)9-12-25/h4-7,14-17H,3,8-13H2,1-2H3. The first-order valence-electron chi connectivity index (χ1n) is 10.6. The van der Waals surface area contributed by atoms with E-state index in [1.54, 1.807) is 27.5 Å². The molecule has 0 saturated carbocycles. The number of aryl methyl sites for hydroxylation is 1. The van der Waals surface area contributed by atoms with E-state index in [0.717, 1.165) is 42.9 Å². The van der Waals surface area contributed by atoms with Crippen molar-refractivity contribution >= 4 is 11.4 Å². The minimum absolute atomic E-state index is 0.122. The molecule has 7 heteroatoms. The summed E-state index contributed by atoms with van der Waals surface area (Å²) >= 11 is 0. The van der Waals surface area contributed by atoms with Crippen molar-refractivity contribution in [3.8, 4) is 17.0 Å². The quantitative estimate of drug-likeness (QED) is 0.628. The van der Waals surface area contributed by atoms with Crippen LogP contribution in [-0.2, 0) is 11.3 Å². The Hall–Kier alpha value is -3.09. The van der Waals surface area contributed by atoms with Gasteiger partial charge >= 0.3 is 0 Å². The van der Waals surface area contributed by atoms with Gasteiger partial charge in [0.1, 0.15) is 11.3 Å². The molecule has 0 atom stereocenters. The minimum Gasteiger partial charge on any atom is -0.494 e. The van der Waals surface area contributed by atoms with Gasteiger partial charge in [0.15, 0.2) is 0 Å². The van der Waals surface area contributed by atoms with Gasteiger partial charge in [-0.25, -0.2) is 4.52 Å². The summed E-state index contributed by atoms with van der Waals surface area (Å²) in [6.45, 7) is 6.81. The number of carbonyl (C=O) groups excluding carboxylic acids is 1. The largest absolute Gasteiger partial charge is 0.494 e. The first-order valence-corrected chi connectivity index (χ1v) is 10.6. The average molecular weight is 409 g/mol. The van der Waals surface area contributed by atoms with Crippen molar-refractivity contribution in [2.45, 2.75) is 39.7 Å². The summed E-state index contributed by atoms with van der Waals surface area (Å²) in [5.74, 6) is 1.61. The number of piperidine rings is 1. The number of rotatable bonds is 6. The Bertz CT molecular complexity index is 1080. The molecule has 0 radical (unpaired) electrons. The molecular weight excluding hydrogens is 380 g/mol. The molecule has 7 nitrogen and oxygen atoms in total. The number of amides is 1. The number of hydrogen-bond acceptors (Lipinski definition) is 4. The van der Waals surface area contributed by atoms with Gasteiger partial charge in [0.25, 0.3) is 5.56 Å². The summed E-state index contributed by atoms with van der Waals surface area (Å²) in [6, 6.07) is 9.46. The molecule has 1 fully saturated rings. The fourth-order valence-corrected chi connectivity index (χ4v) is 3.86. The lowest BCUT2D eigenvalue weighted by Crippen LogP contribution is -2.38. The third-order valence-corrected chi connectivity index (χ3v) is 5.77. The Morgan fingerprint density at radius 2 is 1.90 bits per heavy atom. The van der Waals surface area contributed by atoms with Crippen molar-refractivity contribution < 1.29 is 9.53 Å². The van der Waals surface area contributed by atoms with Crippen LogP contribution < -0.4 is 10.3 Å². The second-order valence-electron chi connectivity index (χ2n) is 7.93. The molecule has 3 aromatic rings. The van der Waals surface area contributed by atoms with Crippen LogP contribution in [0.2, 0.25) is 0 Å². The Labute approximate surface area is 175 Å². The van der Waals surface area contributed by atoms with Crippen molar-refractivity contribution in [3.63, 3.8) is 0 Å². The van der Waals surface area contributed by atoms with Crippen molar-refractivity contribution in [1.82, 2.24) is 19.1 Å². The van der Waals surface area contributed by atoms with Crippen LogP contribution in [0.1, 0.15) is 33.1 Å². The van der Waals surface area contributed by atoms with Crippen LogP contribution in [0.5, 0.6) is 5.75 Å². The Balaban J connectivity index is 1.48. The van der Waals surface area contributed by atoms with Gasteiger partial charge in [-0.15, -0.1) is 0 Å². The van der Waals surface area contributed by atoms with Gasteiger partial charge in [0, 0.05) is 44.0 Å². The van der Waals surface area contributed by atoms with Crippen LogP contribution in [0, 0.1) is 5.92 Å². The molecule has 0 N–H and O–H groups in total. The van der Waals surface area contributed by atoms with Gasteiger partial charge in [-0.2, -0.15) is 5.10 Å². The van der Waals surface area contributed by atoms with Gasteiger partial charge in [0.2, 0.25) is 5.91 Å². The van der Waals surface area contributed by atoms with Crippen molar-refractivity contribution in [3.05, 3.63) is 53.1 Å². The molecule has 0 bridgehead atoms. The molecule has 0 spiro atoms. The highest BCUT2D eigenvalue weighted by atomic mass is 16.5. The van der Waals surface area contributed by atoms with Gasteiger partial charge in [-0.1, -0.05) is 6.92 Å². The lowest BCUT2D eigenvalue weighted by Gasteiger charge is -2.30. The van der Waals surface area contributed by atoms with E-state index in [4.69, 9.17) is 4.74 Å². The number of fused-ring (bicyclic) bond motifs is 1. The smallest absolute Gasteiger partial charge is 0.276 e. The van der Waals surface area contributed by atoms with Crippen LogP contribution in [0.4, 0.5) is 0 Å². The zero-order valence-electron chi connectivity index (χ0n) is 17.6. The molecule has 1 aliphatic rings. The highest BCUT2D eigenvalue weighted by molar-refractivity contribution is 5.76. The van der Waals surface area contributed by atoms with Gasteiger partial charge in [-0.3, -0.25) is 9.59 Å². The number of hydrogen-bond donors (Lipinski definition) is 0. The number of aromatic nitrogens is 3. The second-order valence-corrected chi connectivity index (χ2v) is 7.93. The molecule has 1 aromatic carbocycles. The van der Waals surface area contributed by atoms with Crippen molar-refractivity contribution in [1.29, 1.82) is 0 Å². The zero-order valence-corrected chi connectivity index (χ0v) is 17.6. The molecule has 1 saturated heterocycles. The minimum atomic E-state index is -0.137. The summed E-state index contributed by atoms with van der Waals surface area (Å²) in [4.78, 5) is 27.3. The van der Waals surface area contributed by atoms with Gasteiger partial charge in [0.05, 0.1) is 12.3 Å². The summed E-state index contributed by atoms with van der Waals surface area (Å²) in [7, 11) is 0. The number of nitrogens with zero attached hydrogens (tertiary/aromatic N) is 4. The van der Waals surface area contributed by atoms with E-state index in [1.165, 1.54) is 0 Å². The van der Waals surface area contributed by atoms with Crippen molar-refractivity contribution in [2.75, 3.05) is 19.7 Å². The monoisotopic (exact) mass is 408 g/mol. The molecule has 1 aliphatic heterocycles. The number of benzene rings is 1. The number of carbonyl (C=O) groups is 1. The Kier molecular flexibility index (Phi) is 5.88. The Morgan fingerprint density at radius 1 is 1.17 bits per heavy atom. The second kappa shape index (κ2) is 8.73. The maximum atomic E-state index is 12.9. The molecule has 30 heavy (non-hydrogen) atoms. The summed E-state index contributed by atoms with van der Waals surface area (Å²) < 4.78 is 8.67. The van der Waals surface area contributed by atoms with Gasteiger partial charge < -0.3 is 14.2 Å². The van der Waals surface area contributed by atoms with Crippen LogP contribution in [0.3, 0.4) is 0 Å². The summed E-state index contributed by atoms with van der Waals surface area (Å²) in [5.41, 5.74) is 2.01. The molecule has 2 aromatic heterocycles. The molecule has 0 unspecified atom stereocenters. The number of likely N-dealkylation sites (tertiary alicyclic amines) is 1. The third-order valence-electron chi connectivity index (χ3n) is 5.77. The highest BCUT2D eigenvalue weighted by Gasteiger charge is 2.20. The molecule has 3 heterocycles. The summed E-state index contributed by atoms with van der Waals surface area (Å²) in [6.07, 6.45) is 5.92. The lowest BCUT2D eigenvalue weighted by atomic mass is 9.99. The molecule has 0 aliphatic carbocycles. The van der Waals surface area contributed by atoms with E-state index in [1.807, 2.05) is 36.1 Å². The maximum absolute atomic E-state index is 12.9. The first-order chi connectivity index (χ1) is 14.5. The van der Waals surface area contributed by atoms with Crippen LogP contribution >= 0.6 is 0 Å². The van der Waals surface area contributed by atoms with E-state index < -0.39 is 0 Å². The topological polar surface area (TPSA) is 68.8 Å². The average Bonchev–Trinajstić information content (AvgIpc) is 3.20. The van der Waals surface area contributed by atoms with Crippen LogP contribution in [0.25, 0.3) is 16.8 Å². The fraction of sp³-hybridized carbons (Fsp3) is 0.435. The van der Waals surface area contributed by atoms with Crippen LogP contribution in [0.15, 0.2) is 47.5 Å². The Morgan fingerprint density at radius 3 is 2.60 bits per heavy atom. The summed E-state index contributed by atoms with van der Waals surface area (Å²) in [5, 5.41) is 4.52.